The largest absolute Gasteiger partial charge is 0.386 e. The van der Waals surface area contributed by atoms with Crippen molar-refractivity contribution in [2.24, 2.45) is 5.73 Å². The van der Waals surface area contributed by atoms with E-state index in [9.17, 15) is 17.2 Å². The van der Waals surface area contributed by atoms with Crippen LogP contribution in [0.2, 0.25) is 0 Å². The molecule has 4 N–H and O–H groups in total. The number of amidine groups is 1. The maximum Gasteiger partial charge on any atom is 0.350 e. The zero-order valence-corrected chi connectivity index (χ0v) is 8.78. The lowest BCUT2D eigenvalue weighted by Crippen LogP contribution is -2.56. The highest BCUT2D eigenvalue weighted by atomic mass is 32.2. The van der Waals surface area contributed by atoms with Crippen molar-refractivity contribution < 1.29 is 17.2 Å². The molecule has 0 saturated heterocycles. The van der Waals surface area contributed by atoms with Crippen LogP contribution in [-0.4, -0.2) is 25.5 Å². The Morgan fingerprint density at radius 2 is 1.87 bits per heavy atom. The van der Waals surface area contributed by atoms with Gasteiger partial charge in [0.25, 0.3) is 10.0 Å². The Morgan fingerprint density at radius 3 is 2.20 bits per heavy atom. The van der Waals surface area contributed by atoms with Gasteiger partial charge in [-0.3, -0.25) is 5.41 Å². The number of nitrogens with one attached hydrogen (secondary N) is 2. The molecular formula is C7H13F2N3O2S. The summed E-state index contributed by atoms with van der Waals surface area (Å²) in [4.78, 5) is 0. The van der Waals surface area contributed by atoms with E-state index in [0.717, 1.165) is 0 Å². The third kappa shape index (κ3) is 2.43. The topological polar surface area (TPSA) is 96.0 Å². The average molecular weight is 241 g/mol. The van der Waals surface area contributed by atoms with Gasteiger partial charge in [0.2, 0.25) is 0 Å². The molecule has 88 valence electrons. The van der Waals surface area contributed by atoms with E-state index in [0.29, 0.717) is 25.7 Å². The molecule has 0 aliphatic heterocycles. The summed E-state index contributed by atoms with van der Waals surface area (Å²) < 4.78 is 48.1. The van der Waals surface area contributed by atoms with E-state index in [-0.39, 0.29) is 0 Å². The number of rotatable bonds is 4. The normalized spacial score (nSPS) is 20.7. The second kappa shape index (κ2) is 4.01. The fraction of sp³-hybridized carbons (Fsp3) is 0.857. The molecule has 5 nitrogen and oxygen atoms in total. The van der Waals surface area contributed by atoms with Crippen molar-refractivity contribution in [3.63, 3.8) is 0 Å². The molecule has 0 aromatic carbocycles. The molecule has 1 rings (SSSR count). The first-order valence-electron chi connectivity index (χ1n) is 4.46. The zero-order valence-electron chi connectivity index (χ0n) is 7.96. The van der Waals surface area contributed by atoms with Gasteiger partial charge in [-0.1, -0.05) is 12.8 Å². The van der Waals surface area contributed by atoms with Crippen LogP contribution >= 0.6 is 0 Å². The standard InChI is InChI=1S/C7H13F2N3O2S/c8-6(9)15(13,14)12-7(5(10)11)3-1-2-4-7/h6,12H,1-4H2,(H3,10,11). The molecule has 0 spiro atoms. The molecule has 1 aliphatic rings. The van der Waals surface area contributed by atoms with Crippen LogP contribution in [0, 0.1) is 5.41 Å². The van der Waals surface area contributed by atoms with Gasteiger partial charge < -0.3 is 5.73 Å². The Morgan fingerprint density at radius 1 is 1.40 bits per heavy atom. The van der Waals surface area contributed by atoms with Crippen LogP contribution in [0.25, 0.3) is 0 Å². The van der Waals surface area contributed by atoms with Crippen molar-refractivity contribution in [3.05, 3.63) is 0 Å². The Balaban J connectivity index is 2.90. The minimum atomic E-state index is -4.69. The average Bonchev–Trinajstić information content (AvgIpc) is 2.53. The lowest BCUT2D eigenvalue weighted by molar-refractivity contribution is 0.230. The summed E-state index contributed by atoms with van der Waals surface area (Å²) in [6.45, 7) is 0. The number of halogens is 2. The van der Waals surface area contributed by atoms with Crippen molar-refractivity contribution in [1.29, 1.82) is 5.41 Å². The molecule has 1 saturated carbocycles. The molecule has 0 unspecified atom stereocenters. The minimum absolute atomic E-state index is 0.300. The van der Waals surface area contributed by atoms with Gasteiger partial charge in [0.1, 0.15) is 5.84 Å². The molecule has 0 bridgehead atoms. The number of sulfonamides is 1. The summed E-state index contributed by atoms with van der Waals surface area (Å²) in [5.74, 6) is -3.89. The van der Waals surface area contributed by atoms with Gasteiger partial charge in [0.05, 0.1) is 5.54 Å². The van der Waals surface area contributed by atoms with Crippen molar-refractivity contribution in [2.75, 3.05) is 0 Å². The monoisotopic (exact) mass is 241 g/mol. The third-order valence-electron chi connectivity index (χ3n) is 2.54. The highest BCUT2D eigenvalue weighted by Gasteiger charge is 2.42. The molecule has 15 heavy (non-hydrogen) atoms. The molecule has 0 heterocycles. The molecule has 0 aromatic rings. The Kier molecular flexibility index (Phi) is 3.29. The van der Waals surface area contributed by atoms with E-state index in [1.807, 2.05) is 4.72 Å². The Bertz CT molecular complexity index is 349. The van der Waals surface area contributed by atoms with Crippen LogP contribution in [0.3, 0.4) is 0 Å². The maximum absolute atomic E-state index is 12.1. The van der Waals surface area contributed by atoms with Crippen molar-refractivity contribution >= 4 is 15.9 Å². The van der Waals surface area contributed by atoms with E-state index >= 15 is 0 Å². The van der Waals surface area contributed by atoms with E-state index < -0.39 is 27.2 Å². The van der Waals surface area contributed by atoms with Crippen LogP contribution < -0.4 is 10.5 Å². The van der Waals surface area contributed by atoms with Gasteiger partial charge in [-0.05, 0) is 12.8 Å². The smallest absolute Gasteiger partial charge is 0.350 e. The second-order valence-corrected chi connectivity index (χ2v) is 5.26. The number of nitrogens with two attached hydrogens (primary N) is 1. The van der Waals surface area contributed by atoms with E-state index in [2.05, 4.69) is 0 Å². The van der Waals surface area contributed by atoms with Crippen molar-refractivity contribution in [2.45, 2.75) is 37.0 Å². The molecule has 1 fully saturated rings. The number of alkyl halides is 2. The van der Waals surface area contributed by atoms with E-state index in [1.165, 1.54) is 0 Å². The highest BCUT2D eigenvalue weighted by molar-refractivity contribution is 7.89. The third-order valence-corrected chi connectivity index (χ3v) is 3.69. The van der Waals surface area contributed by atoms with Crippen molar-refractivity contribution in [3.8, 4) is 0 Å². The first-order chi connectivity index (χ1) is 6.80. The molecular weight excluding hydrogens is 228 g/mol. The zero-order chi connectivity index (χ0) is 11.7. The van der Waals surface area contributed by atoms with Gasteiger partial charge in [-0.25, -0.2) is 8.42 Å². The highest BCUT2D eigenvalue weighted by Crippen LogP contribution is 2.30. The van der Waals surface area contributed by atoms with Crippen LogP contribution in [-0.2, 0) is 10.0 Å². The summed E-state index contributed by atoms with van der Waals surface area (Å²) in [6.07, 6.45) is 1.94. The van der Waals surface area contributed by atoms with Gasteiger partial charge in [0, 0.05) is 0 Å². The summed E-state index contributed by atoms with van der Waals surface area (Å²) in [6, 6.07) is 0. The summed E-state index contributed by atoms with van der Waals surface area (Å²) in [5, 5.41) is 7.27. The lowest BCUT2D eigenvalue weighted by atomic mass is 9.98. The number of hydrogen-bond acceptors (Lipinski definition) is 3. The fourth-order valence-electron chi connectivity index (χ4n) is 1.72. The molecule has 0 radical (unpaired) electrons. The Hall–Kier alpha value is -0.760. The molecule has 0 amide bonds. The predicted octanol–water partition coefficient (Wildman–Crippen LogP) is 0.377. The summed E-state index contributed by atoms with van der Waals surface area (Å²) in [5.41, 5.74) is 3.96. The second-order valence-electron chi connectivity index (χ2n) is 3.61. The maximum atomic E-state index is 12.1. The first-order valence-corrected chi connectivity index (χ1v) is 6.00. The lowest BCUT2D eigenvalue weighted by Gasteiger charge is -2.28. The van der Waals surface area contributed by atoms with Crippen molar-refractivity contribution in [1.82, 2.24) is 4.72 Å². The molecule has 1 aliphatic carbocycles. The van der Waals surface area contributed by atoms with Crippen LogP contribution in [0.5, 0.6) is 0 Å². The van der Waals surface area contributed by atoms with Gasteiger partial charge >= 0.3 is 5.76 Å². The summed E-state index contributed by atoms with van der Waals surface area (Å²) in [7, 11) is -4.69. The minimum Gasteiger partial charge on any atom is -0.386 e. The Labute approximate surface area is 86.6 Å². The molecule has 0 aromatic heterocycles. The number of hydrogen-bond donors (Lipinski definition) is 3. The van der Waals surface area contributed by atoms with Crippen LogP contribution in [0.1, 0.15) is 25.7 Å². The summed E-state index contributed by atoms with van der Waals surface area (Å²) >= 11 is 0. The SMILES string of the molecule is N=C(N)C1(NS(=O)(=O)C(F)F)CCCC1. The van der Waals surface area contributed by atoms with Crippen LogP contribution in [0.4, 0.5) is 8.78 Å². The van der Waals surface area contributed by atoms with Crippen LogP contribution in [0.15, 0.2) is 0 Å². The first kappa shape index (κ1) is 12.3. The quantitative estimate of drug-likeness (QED) is 0.490. The van der Waals surface area contributed by atoms with E-state index in [1.54, 1.807) is 0 Å². The fourth-order valence-corrected chi connectivity index (χ4v) is 2.67. The van der Waals surface area contributed by atoms with Gasteiger partial charge in [-0.2, -0.15) is 13.5 Å². The predicted molar refractivity (Wildman–Crippen MR) is 51.2 cm³/mol. The molecule has 0 atom stereocenters. The van der Waals surface area contributed by atoms with Gasteiger partial charge in [-0.15, -0.1) is 0 Å². The van der Waals surface area contributed by atoms with E-state index in [4.69, 9.17) is 11.1 Å². The molecule has 8 heteroatoms. The van der Waals surface area contributed by atoms with Gasteiger partial charge in [0.15, 0.2) is 0 Å².